The lowest BCUT2D eigenvalue weighted by atomic mass is 10.2. The van der Waals surface area contributed by atoms with Gasteiger partial charge >= 0.3 is 0 Å². The summed E-state index contributed by atoms with van der Waals surface area (Å²) in [6.07, 6.45) is 1.60. The third-order valence-corrected chi connectivity index (χ3v) is 3.73. The number of carbonyl (C=O) groups is 1. The van der Waals surface area contributed by atoms with Gasteiger partial charge in [-0.25, -0.2) is 4.98 Å². The summed E-state index contributed by atoms with van der Waals surface area (Å²) in [5, 5.41) is 1.04. The Morgan fingerprint density at radius 3 is 2.54 bits per heavy atom. The number of amides is 1. The van der Waals surface area contributed by atoms with E-state index < -0.39 is 5.91 Å². The van der Waals surface area contributed by atoms with E-state index in [2.05, 4.69) is 4.98 Å². The summed E-state index contributed by atoms with van der Waals surface area (Å²) in [4.78, 5) is 15.6. The molecule has 0 unspecified atom stereocenters. The highest BCUT2D eigenvalue weighted by atomic mass is 35.5. The molecule has 1 aromatic heterocycles. The number of benzene rings is 2. The number of primary amides is 1. The SMILES string of the molecule is NC(=O)c1cc(Cl)ccc1OCc1ncc(-c2ccc(Cl)cc2)o1. The topological polar surface area (TPSA) is 78.4 Å². The fourth-order valence-electron chi connectivity index (χ4n) is 2.08. The maximum absolute atomic E-state index is 11.4. The number of halogens is 2. The van der Waals surface area contributed by atoms with E-state index in [0.717, 1.165) is 5.56 Å². The molecule has 3 rings (SSSR count). The average molecular weight is 363 g/mol. The van der Waals surface area contributed by atoms with Crippen LogP contribution in [0.2, 0.25) is 10.0 Å². The zero-order valence-electron chi connectivity index (χ0n) is 12.3. The maximum Gasteiger partial charge on any atom is 0.252 e. The molecule has 2 aromatic carbocycles. The molecule has 2 N–H and O–H groups in total. The molecule has 0 aliphatic heterocycles. The summed E-state index contributed by atoms with van der Waals surface area (Å²) >= 11 is 11.7. The van der Waals surface area contributed by atoms with Gasteiger partial charge in [0.2, 0.25) is 5.89 Å². The second kappa shape index (κ2) is 6.95. The van der Waals surface area contributed by atoms with E-state index in [1.165, 1.54) is 6.07 Å². The van der Waals surface area contributed by atoms with E-state index in [1.807, 2.05) is 12.1 Å². The number of oxazole rings is 1. The minimum absolute atomic E-state index is 0.0511. The van der Waals surface area contributed by atoms with E-state index in [9.17, 15) is 4.79 Å². The van der Waals surface area contributed by atoms with Crippen molar-refractivity contribution in [2.75, 3.05) is 0 Å². The summed E-state index contributed by atoms with van der Waals surface area (Å²) in [6.45, 7) is 0.0511. The lowest BCUT2D eigenvalue weighted by Crippen LogP contribution is -2.13. The fraction of sp³-hybridized carbons (Fsp3) is 0.0588. The number of nitrogens with two attached hydrogens (primary N) is 1. The Kier molecular flexibility index (Phi) is 4.74. The summed E-state index contributed by atoms with van der Waals surface area (Å²) < 4.78 is 11.2. The molecule has 0 radical (unpaired) electrons. The highest BCUT2D eigenvalue weighted by Gasteiger charge is 2.12. The number of ether oxygens (including phenoxy) is 1. The van der Waals surface area contributed by atoms with Crippen LogP contribution in [0.1, 0.15) is 16.2 Å². The normalized spacial score (nSPS) is 10.6. The van der Waals surface area contributed by atoms with Gasteiger partial charge in [0.1, 0.15) is 5.75 Å². The molecule has 0 aliphatic carbocycles. The van der Waals surface area contributed by atoms with E-state index >= 15 is 0 Å². The molecule has 0 aliphatic rings. The van der Waals surface area contributed by atoms with Crippen molar-refractivity contribution < 1.29 is 13.9 Å². The zero-order valence-corrected chi connectivity index (χ0v) is 13.8. The smallest absolute Gasteiger partial charge is 0.252 e. The van der Waals surface area contributed by atoms with Crippen LogP contribution >= 0.6 is 23.2 Å². The molecule has 1 amide bonds. The Bertz CT molecular complexity index is 876. The van der Waals surface area contributed by atoms with Gasteiger partial charge in [-0.3, -0.25) is 4.79 Å². The van der Waals surface area contributed by atoms with Crippen LogP contribution in [0.4, 0.5) is 0 Å². The molecule has 0 bridgehead atoms. The molecule has 0 atom stereocenters. The molecule has 0 saturated heterocycles. The van der Waals surface area contributed by atoms with Gasteiger partial charge in [-0.1, -0.05) is 23.2 Å². The number of carbonyl (C=O) groups excluding carboxylic acids is 1. The highest BCUT2D eigenvalue weighted by Crippen LogP contribution is 2.25. The minimum Gasteiger partial charge on any atom is -0.483 e. The standard InChI is InChI=1S/C17H12Cl2N2O3/c18-11-3-1-10(2-4-11)15-8-21-16(24-15)9-23-14-6-5-12(19)7-13(14)17(20)22/h1-8H,9H2,(H2,20,22). The highest BCUT2D eigenvalue weighted by molar-refractivity contribution is 6.31. The predicted octanol–water partition coefficient (Wildman–Crippen LogP) is 4.33. The van der Waals surface area contributed by atoms with Gasteiger partial charge in [-0.15, -0.1) is 0 Å². The Labute approximate surface area is 148 Å². The van der Waals surface area contributed by atoms with Crippen molar-refractivity contribution in [2.45, 2.75) is 6.61 Å². The van der Waals surface area contributed by atoms with Crippen LogP contribution in [-0.4, -0.2) is 10.9 Å². The molecule has 122 valence electrons. The first kappa shape index (κ1) is 16.4. The van der Waals surface area contributed by atoms with Crippen molar-refractivity contribution in [3.63, 3.8) is 0 Å². The Hall–Kier alpha value is -2.50. The maximum atomic E-state index is 11.4. The minimum atomic E-state index is -0.623. The number of rotatable bonds is 5. The average Bonchev–Trinajstić information content (AvgIpc) is 3.03. The third kappa shape index (κ3) is 3.69. The van der Waals surface area contributed by atoms with Crippen molar-refractivity contribution in [1.82, 2.24) is 4.98 Å². The third-order valence-electron chi connectivity index (χ3n) is 3.24. The Morgan fingerprint density at radius 1 is 1.12 bits per heavy atom. The molecule has 5 nitrogen and oxygen atoms in total. The number of hydrogen-bond donors (Lipinski definition) is 1. The van der Waals surface area contributed by atoms with Crippen LogP contribution in [0, 0.1) is 0 Å². The molecule has 1 heterocycles. The van der Waals surface area contributed by atoms with Crippen LogP contribution in [-0.2, 0) is 6.61 Å². The van der Waals surface area contributed by atoms with Gasteiger partial charge in [0.25, 0.3) is 5.91 Å². The Morgan fingerprint density at radius 2 is 1.83 bits per heavy atom. The first-order valence-electron chi connectivity index (χ1n) is 6.96. The van der Waals surface area contributed by atoms with Crippen molar-refractivity contribution in [3.8, 4) is 17.1 Å². The summed E-state index contributed by atoms with van der Waals surface area (Å²) in [5.41, 5.74) is 6.37. The van der Waals surface area contributed by atoms with E-state index in [0.29, 0.717) is 27.4 Å². The van der Waals surface area contributed by atoms with Gasteiger partial charge in [-0.05, 0) is 42.5 Å². The number of hydrogen-bond acceptors (Lipinski definition) is 4. The first-order chi connectivity index (χ1) is 11.5. The van der Waals surface area contributed by atoms with Crippen molar-refractivity contribution in [3.05, 3.63) is 70.2 Å². The Balaban J connectivity index is 1.74. The lowest BCUT2D eigenvalue weighted by Gasteiger charge is -2.08. The summed E-state index contributed by atoms with van der Waals surface area (Å²) in [7, 11) is 0. The van der Waals surface area contributed by atoms with Crippen LogP contribution in [0.5, 0.6) is 5.75 Å². The number of nitrogens with zero attached hydrogens (tertiary/aromatic N) is 1. The number of aromatic nitrogens is 1. The molecule has 7 heteroatoms. The van der Waals surface area contributed by atoms with E-state index in [1.54, 1.807) is 30.5 Å². The largest absolute Gasteiger partial charge is 0.483 e. The van der Waals surface area contributed by atoms with Crippen molar-refractivity contribution >= 4 is 29.1 Å². The van der Waals surface area contributed by atoms with Gasteiger partial charge in [-0.2, -0.15) is 0 Å². The van der Waals surface area contributed by atoms with Crippen molar-refractivity contribution in [2.24, 2.45) is 5.73 Å². The van der Waals surface area contributed by atoms with Crippen molar-refractivity contribution in [1.29, 1.82) is 0 Å². The van der Waals surface area contributed by atoms with E-state index in [4.69, 9.17) is 38.1 Å². The van der Waals surface area contributed by atoms with Gasteiger partial charge in [0.05, 0.1) is 11.8 Å². The second-order valence-electron chi connectivity index (χ2n) is 4.92. The first-order valence-corrected chi connectivity index (χ1v) is 7.71. The fourth-order valence-corrected chi connectivity index (χ4v) is 2.38. The lowest BCUT2D eigenvalue weighted by molar-refractivity contribution is 0.0995. The zero-order chi connectivity index (χ0) is 17.1. The quantitative estimate of drug-likeness (QED) is 0.732. The molecular weight excluding hydrogens is 351 g/mol. The van der Waals surface area contributed by atoms with Gasteiger partial charge in [0, 0.05) is 15.6 Å². The molecule has 0 fully saturated rings. The molecule has 0 spiro atoms. The predicted molar refractivity (Wildman–Crippen MR) is 91.3 cm³/mol. The van der Waals surface area contributed by atoms with Gasteiger partial charge < -0.3 is 14.9 Å². The van der Waals surface area contributed by atoms with Crippen LogP contribution in [0.25, 0.3) is 11.3 Å². The molecule has 24 heavy (non-hydrogen) atoms. The second-order valence-corrected chi connectivity index (χ2v) is 5.79. The molecular formula is C17H12Cl2N2O3. The van der Waals surface area contributed by atoms with E-state index in [-0.39, 0.29) is 12.2 Å². The van der Waals surface area contributed by atoms with Crippen LogP contribution in [0.3, 0.4) is 0 Å². The van der Waals surface area contributed by atoms with Crippen LogP contribution in [0.15, 0.2) is 53.1 Å². The summed E-state index contributed by atoms with van der Waals surface area (Å²) in [6, 6.07) is 11.8. The molecule has 0 saturated carbocycles. The monoisotopic (exact) mass is 362 g/mol. The van der Waals surface area contributed by atoms with Gasteiger partial charge in [0.15, 0.2) is 12.4 Å². The molecule has 3 aromatic rings. The summed E-state index contributed by atoms with van der Waals surface area (Å²) in [5.74, 6) is 0.654. The van der Waals surface area contributed by atoms with Crippen LogP contribution < -0.4 is 10.5 Å².